The van der Waals surface area contributed by atoms with Gasteiger partial charge in [-0.1, -0.05) is 0 Å². The first-order valence-corrected chi connectivity index (χ1v) is 6.06. The number of hydrogen-bond acceptors (Lipinski definition) is 4. The highest BCUT2D eigenvalue weighted by Crippen LogP contribution is 2.45. The van der Waals surface area contributed by atoms with E-state index in [0.29, 0.717) is 11.5 Å². The summed E-state index contributed by atoms with van der Waals surface area (Å²) in [6.07, 6.45) is 4.14. The second-order valence-electron chi connectivity index (χ2n) is 3.88. The number of rotatable bonds is 2. The minimum Gasteiger partial charge on any atom is -0.253 e. The molecule has 2 heterocycles. The molecule has 3 rings (SSSR count). The van der Waals surface area contributed by atoms with Crippen molar-refractivity contribution in [3.63, 3.8) is 0 Å². The molecule has 0 spiro atoms. The lowest BCUT2D eigenvalue weighted by molar-refractivity contribution is 1.15. The van der Waals surface area contributed by atoms with Crippen molar-refractivity contribution in [1.82, 2.24) is 9.97 Å². The van der Waals surface area contributed by atoms with E-state index in [9.17, 15) is 0 Å². The van der Waals surface area contributed by atoms with Crippen LogP contribution < -0.4 is 0 Å². The molecule has 1 aliphatic carbocycles. The van der Waals surface area contributed by atoms with E-state index in [1.165, 1.54) is 17.7 Å². The smallest absolute Gasteiger partial charge is 0.103 e. The van der Waals surface area contributed by atoms with Gasteiger partial charge in [0.2, 0.25) is 0 Å². The monoisotopic (exact) mass is 227 g/mol. The molecule has 78 valence electrons. The van der Waals surface area contributed by atoms with Crippen molar-refractivity contribution < 1.29 is 0 Å². The van der Waals surface area contributed by atoms with E-state index >= 15 is 0 Å². The Balaban J connectivity index is 2.01. The molecule has 2 aromatic rings. The predicted octanol–water partition coefficient (Wildman–Crippen LogP) is 2.95. The molecule has 0 unspecified atom stereocenters. The van der Waals surface area contributed by atoms with Gasteiger partial charge in [0.15, 0.2) is 0 Å². The van der Waals surface area contributed by atoms with Crippen LogP contribution in [-0.4, -0.2) is 9.97 Å². The molecule has 4 heteroatoms. The number of aromatic nitrogens is 2. The normalized spacial score (nSPS) is 14.7. The molecular formula is C12H9N3S. The zero-order valence-electron chi connectivity index (χ0n) is 8.55. The molecule has 3 nitrogen and oxygen atoms in total. The van der Waals surface area contributed by atoms with Gasteiger partial charge in [0.1, 0.15) is 11.8 Å². The Morgan fingerprint density at radius 3 is 2.81 bits per heavy atom. The Bertz CT molecular complexity index is 546. The third-order valence-corrected chi connectivity index (χ3v) is 3.67. The summed E-state index contributed by atoms with van der Waals surface area (Å²) in [7, 11) is 0. The molecule has 0 aliphatic heterocycles. The van der Waals surface area contributed by atoms with Gasteiger partial charge < -0.3 is 0 Å². The van der Waals surface area contributed by atoms with E-state index in [2.05, 4.69) is 16.0 Å². The first-order valence-electron chi connectivity index (χ1n) is 5.18. The van der Waals surface area contributed by atoms with Gasteiger partial charge in [-0.25, -0.2) is 4.98 Å². The van der Waals surface area contributed by atoms with Gasteiger partial charge in [0.25, 0.3) is 0 Å². The highest BCUT2D eigenvalue weighted by Gasteiger charge is 2.28. The van der Waals surface area contributed by atoms with Crippen LogP contribution in [0.15, 0.2) is 23.8 Å². The van der Waals surface area contributed by atoms with Gasteiger partial charge in [-0.3, -0.25) is 4.98 Å². The van der Waals surface area contributed by atoms with Gasteiger partial charge in [-0.2, -0.15) is 5.26 Å². The summed E-state index contributed by atoms with van der Waals surface area (Å²) < 4.78 is 0. The second kappa shape index (κ2) is 3.69. The number of hydrogen-bond donors (Lipinski definition) is 0. The fourth-order valence-electron chi connectivity index (χ4n) is 1.68. The van der Waals surface area contributed by atoms with Crippen molar-refractivity contribution in [1.29, 1.82) is 5.26 Å². The average Bonchev–Trinajstić information content (AvgIpc) is 3.07. The molecular weight excluding hydrogens is 218 g/mol. The molecule has 0 amide bonds. The summed E-state index contributed by atoms with van der Waals surface area (Å²) in [5.41, 5.74) is 4.34. The first-order chi connectivity index (χ1) is 7.88. The first kappa shape index (κ1) is 9.49. The van der Waals surface area contributed by atoms with E-state index in [4.69, 9.17) is 5.26 Å². The molecule has 16 heavy (non-hydrogen) atoms. The Kier molecular flexibility index (Phi) is 2.19. The molecule has 2 aromatic heterocycles. The number of nitriles is 1. The standard InChI is InChI=1S/C12H9N3S/c13-5-8-1-4-10(14-6-8)11-12(9-2-3-9)16-7-15-11/h1,4,6-7,9H,2-3H2. The Morgan fingerprint density at radius 1 is 1.31 bits per heavy atom. The van der Waals surface area contributed by atoms with E-state index in [1.54, 1.807) is 23.6 Å². The third-order valence-electron chi connectivity index (χ3n) is 2.68. The van der Waals surface area contributed by atoms with Crippen LogP contribution in [0.5, 0.6) is 0 Å². The molecule has 0 atom stereocenters. The highest BCUT2D eigenvalue weighted by molar-refractivity contribution is 7.10. The molecule has 1 aliphatic rings. The van der Waals surface area contributed by atoms with Gasteiger partial charge in [-0.15, -0.1) is 11.3 Å². The molecule has 1 saturated carbocycles. The predicted molar refractivity (Wildman–Crippen MR) is 62.0 cm³/mol. The van der Waals surface area contributed by atoms with Gasteiger partial charge in [0.05, 0.1) is 16.8 Å². The molecule has 0 saturated heterocycles. The highest BCUT2D eigenvalue weighted by atomic mass is 32.1. The quantitative estimate of drug-likeness (QED) is 0.792. The molecule has 0 radical (unpaired) electrons. The van der Waals surface area contributed by atoms with E-state index in [1.807, 2.05) is 11.6 Å². The van der Waals surface area contributed by atoms with Gasteiger partial charge in [-0.05, 0) is 30.9 Å². The maximum atomic E-state index is 8.71. The number of pyridine rings is 1. The van der Waals surface area contributed by atoms with Crippen molar-refractivity contribution in [2.45, 2.75) is 18.8 Å². The van der Waals surface area contributed by atoms with Crippen molar-refractivity contribution in [3.05, 3.63) is 34.3 Å². The zero-order valence-corrected chi connectivity index (χ0v) is 9.37. The van der Waals surface area contributed by atoms with Gasteiger partial charge >= 0.3 is 0 Å². The summed E-state index contributed by atoms with van der Waals surface area (Å²) in [4.78, 5) is 10.0. The largest absolute Gasteiger partial charge is 0.253 e. The molecule has 0 N–H and O–H groups in total. The van der Waals surface area contributed by atoms with Crippen LogP contribution in [0.2, 0.25) is 0 Å². The lowest BCUT2D eigenvalue weighted by Crippen LogP contribution is -1.88. The van der Waals surface area contributed by atoms with Crippen molar-refractivity contribution >= 4 is 11.3 Å². The third kappa shape index (κ3) is 1.59. The maximum absolute atomic E-state index is 8.71. The fourth-order valence-corrected chi connectivity index (χ4v) is 2.65. The zero-order chi connectivity index (χ0) is 11.0. The minimum absolute atomic E-state index is 0.590. The summed E-state index contributed by atoms with van der Waals surface area (Å²) in [6, 6.07) is 5.73. The van der Waals surface area contributed by atoms with Crippen LogP contribution in [0.25, 0.3) is 11.4 Å². The average molecular weight is 227 g/mol. The van der Waals surface area contributed by atoms with E-state index in [0.717, 1.165) is 11.4 Å². The van der Waals surface area contributed by atoms with Crippen LogP contribution in [0.4, 0.5) is 0 Å². The second-order valence-corrected chi connectivity index (χ2v) is 4.77. The van der Waals surface area contributed by atoms with Crippen molar-refractivity contribution in [2.24, 2.45) is 0 Å². The number of thiazole rings is 1. The maximum Gasteiger partial charge on any atom is 0.103 e. The molecule has 1 fully saturated rings. The summed E-state index contributed by atoms with van der Waals surface area (Å²) in [6.45, 7) is 0. The lowest BCUT2D eigenvalue weighted by Gasteiger charge is -1.99. The van der Waals surface area contributed by atoms with Crippen LogP contribution in [0, 0.1) is 11.3 Å². The SMILES string of the molecule is N#Cc1ccc(-c2ncsc2C2CC2)nc1. The lowest BCUT2D eigenvalue weighted by atomic mass is 10.2. The topological polar surface area (TPSA) is 49.6 Å². The molecule has 0 bridgehead atoms. The van der Waals surface area contributed by atoms with Crippen LogP contribution in [-0.2, 0) is 0 Å². The minimum atomic E-state index is 0.590. The summed E-state index contributed by atoms with van der Waals surface area (Å²) >= 11 is 1.71. The van der Waals surface area contributed by atoms with E-state index < -0.39 is 0 Å². The van der Waals surface area contributed by atoms with Crippen molar-refractivity contribution in [2.75, 3.05) is 0 Å². The fraction of sp³-hybridized carbons (Fsp3) is 0.250. The summed E-state index contributed by atoms with van der Waals surface area (Å²) in [5.74, 6) is 0.694. The number of nitrogens with zero attached hydrogens (tertiary/aromatic N) is 3. The van der Waals surface area contributed by atoms with Crippen LogP contribution >= 0.6 is 11.3 Å². The Hall–Kier alpha value is -1.73. The Labute approximate surface area is 97.4 Å². The van der Waals surface area contributed by atoms with Crippen LogP contribution in [0.3, 0.4) is 0 Å². The van der Waals surface area contributed by atoms with E-state index in [-0.39, 0.29) is 0 Å². The molecule has 0 aromatic carbocycles. The Morgan fingerprint density at radius 2 is 2.19 bits per heavy atom. The van der Waals surface area contributed by atoms with Crippen LogP contribution in [0.1, 0.15) is 29.2 Å². The van der Waals surface area contributed by atoms with Crippen molar-refractivity contribution in [3.8, 4) is 17.5 Å². The van der Waals surface area contributed by atoms with Gasteiger partial charge in [0, 0.05) is 11.1 Å². The summed E-state index contributed by atoms with van der Waals surface area (Å²) in [5, 5.41) is 8.71.